The molecule has 5 rings (SSSR count). The van der Waals surface area contributed by atoms with Gasteiger partial charge < -0.3 is 15.0 Å². The highest BCUT2D eigenvalue weighted by molar-refractivity contribution is 6.16. The molecule has 2 fully saturated rings. The Kier molecular flexibility index (Phi) is 2.94. The van der Waals surface area contributed by atoms with E-state index >= 15 is 0 Å². The number of hydrogen-bond donors (Lipinski definition) is 1. The van der Waals surface area contributed by atoms with Gasteiger partial charge in [-0.05, 0) is 13.0 Å². The van der Waals surface area contributed by atoms with Crippen molar-refractivity contribution in [1.29, 1.82) is 0 Å². The molecule has 1 aromatic rings. The summed E-state index contributed by atoms with van der Waals surface area (Å²) in [4.78, 5) is 43.0. The van der Waals surface area contributed by atoms with Gasteiger partial charge in [0.25, 0.3) is 5.91 Å². The van der Waals surface area contributed by atoms with Crippen LogP contribution in [0.25, 0.3) is 0 Å². The van der Waals surface area contributed by atoms with E-state index in [0.29, 0.717) is 11.1 Å². The van der Waals surface area contributed by atoms with Crippen molar-refractivity contribution < 1.29 is 24.4 Å². The van der Waals surface area contributed by atoms with E-state index in [2.05, 4.69) is 13.6 Å². The molecule has 5 atom stereocenters. The first kappa shape index (κ1) is 17.8. The minimum Gasteiger partial charge on any atom is -0.463 e. The summed E-state index contributed by atoms with van der Waals surface area (Å²) in [5, 5.41) is 1.59. The van der Waals surface area contributed by atoms with E-state index in [-0.39, 0.29) is 17.5 Å². The van der Waals surface area contributed by atoms with Crippen LogP contribution in [0.4, 0.5) is 5.69 Å². The third kappa shape index (κ3) is 1.30. The zero-order valence-corrected chi connectivity index (χ0v) is 16.5. The molecule has 2 aliphatic carbocycles. The molecule has 0 radical (unpaired) electrons. The highest BCUT2D eigenvalue weighted by Gasteiger charge is 2.82. The van der Waals surface area contributed by atoms with Crippen molar-refractivity contribution >= 4 is 23.2 Å². The number of ether oxygens (including phenoxy) is 1. The summed E-state index contributed by atoms with van der Waals surface area (Å²) in [6.07, 6.45) is 0.572. The normalized spacial score (nSPS) is 42.0. The van der Waals surface area contributed by atoms with Crippen LogP contribution >= 0.6 is 0 Å². The lowest BCUT2D eigenvalue weighted by Crippen LogP contribution is -2.98. The minimum absolute atomic E-state index is 0.116. The summed E-state index contributed by atoms with van der Waals surface area (Å²) in [5.74, 6) is -1.29. The first-order valence-corrected chi connectivity index (χ1v) is 9.53. The van der Waals surface area contributed by atoms with E-state index in [1.54, 1.807) is 30.3 Å². The molecule has 2 aliphatic heterocycles. The van der Waals surface area contributed by atoms with Gasteiger partial charge in [-0.1, -0.05) is 32.1 Å². The predicted molar refractivity (Wildman–Crippen MR) is 101 cm³/mol. The Balaban J connectivity index is 2.06. The van der Waals surface area contributed by atoms with Crippen LogP contribution in [0.1, 0.15) is 31.9 Å². The fraction of sp³-hybridized carbons (Fsp3) is 0.455. The van der Waals surface area contributed by atoms with E-state index in [4.69, 9.17) is 4.74 Å². The van der Waals surface area contributed by atoms with Gasteiger partial charge in [-0.15, -0.1) is 6.58 Å². The maximum atomic E-state index is 14.1. The topological polar surface area (TPSA) is 80.3 Å². The van der Waals surface area contributed by atoms with Crippen molar-refractivity contribution in [2.45, 2.75) is 38.0 Å². The van der Waals surface area contributed by atoms with Gasteiger partial charge in [0.2, 0.25) is 5.78 Å². The molecule has 1 aromatic carbocycles. The van der Waals surface area contributed by atoms with E-state index < -0.39 is 34.0 Å². The zero-order valence-electron chi connectivity index (χ0n) is 16.5. The van der Waals surface area contributed by atoms with Gasteiger partial charge in [0, 0.05) is 23.6 Å². The lowest BCUT2D eigenvalue weighted by Gasteiger charge is -2.51. The number of anilines is 1. The Morgan fingerprint density at radius 1 is 1.21 bits per heavy atom. The Bertz CT molecular complexity index is 1010. The van der Waals surface area contributed by atoms with Crippen molar-refractivity contribution in [3.63, 3.8) is 0 Å². The lowest BCUT2D eigenvalue weighted by molar-refractivity contribution is -0.681. The smallest absolute Gasteiger partial charge is 0.264 e. The van der Waals surface area contributed by atoms with Crippen molar-refractivity contribution in [3.05, 3.63) is 49.0 Å². The van der Waals surface area contributed by atoms with Gasteiger partial charge in [-0.3, -0.25) is 14.4 Å². The van der Waals surface area contributed by atoms with E-state index in [0.717, 1.165) is 5.69 Å². The number of rotatable bonds is 2. The van der Waals surface area contributed by atoms with Gasteiger partial charge in [0.15, 0.2) is 16.9 Å². The van der Waals surface area contributed by atoms with Gasteiger partial charge in [-0.2, -0.15) is 7.05 Å². The fourth-order valence-electron chi connectivity index (χ4n) is 6.44. The van der Waals surface area contributed by atoms with Crippen LogP contribution in [-0.2, 0) is 30.3 Å². The Hall–Kier alpha value is -2.31. The highest BCUT2D eigenvalue weighted by atomic mass is 16.5. The highest BCUT2D eigenvalue weighted by Crippen LogP contribution is 2.69. The number of likely N-dealkylation sites (N-methyl/N-ethyl adjacent to an activating group) is 1. The fourth-order valence-corrected chi connectivity index (χ4v) is 6.44. The average Bonchev–Trinajstić information content (AvgIpc) is 3.03. The number of nitrogens with zero attached hydrogens (tertiary/aromatic N) is 1. The van der Waals surface area contributed by atoms with Gasteiger partial charge in [0.05, 0.1) is 11.6 Å². The van der Waals surface area contributed by atoms with Crippen molar-refractivity contribution in [3.8, 4) is 0 Å². The number of quaternary nitrogens is 1. The Morgan fingerprint density at radius 3 is 2.50 bits per heavy atom. The lowest BCUT2D eigenvalue weighted by atomic mass is 9.52. The SMILES string of the molecule is C=CC1(C)C(=O)C2OC34C(=O)N(C)c5cccc(c53)C1([NH2+][CH2-])C(=O)C2C4(C)C. The summed E-state index contributed by atoms with van der Waals surface area (Å²) >= 11 is 0. The van der Waals surface area contributed by atoms with Crippen molar-refractivity contribution in [1.82, 2.24) is 0 Å². The molecular formula is C22H24N2O4. The molecule has 146 valence electrons. The summed E-state index contributed by atoms with van der Waals surface area (Å²) in [5.41, 5.74) is -2.69. The Labute approximate surface area is 163 Å². The number of ketones is 2. The number of benzene rings is 1. The van der Waals surface area contributed by atoms with E-state index in [1.165, 1.54) is 0 Å². The summed E-state index contributed by atoms with van der Waals surface area (Å²) in [6.45, 7) is 9.38. The van der Waals surface area contributed by atoms with Crippen molar-refractivity contribution in [2.24, 2.45) is 16.7 Å². The monoisotopic (exact) mass is 380 g/mol. The standard InChI is InChI=1S/C22H24N2O4/c1-7-20(4)17(26)15-14-16(25)21(20,23-5)11-9-8-10-12-13(11)22(28-15,19(14,2)3)18(27)24(12)6/h7-10,14-15H,1,5,23H2,2-4,6H3. The average molecular weight is 380 g/mol. The summed E-state index contributed by atoms with van der Waals surface area (Å²) in [6, 6.07) is 5.52. The van der Waals surface area contributed by atoms with Crippen LogP contribution in [0.5, 0.6) is 0 Å². The number of carbonyl (C=O) groups excluding carboxylic acids is 3. The number of carbonyl (C=O) groups is 3. The summed E-state index contributed by atoms with van der Waals surface area (Å²) < 4.78 is 6.39. The maximum Gasteiger partial charge on any atom is 0.264 e. The molecule has 6 nitrogen and oxygen atoms in total. The maximum absolute atomic E-state index is 14.1. The molecule has 1 saturated heterocycles. The van der Waals surface area contributed by atoms with Crippen molar-refractivity contribution in [2.75, 3.05) is 11.9 Å². The van der Waals surface area contributed by atoms with Gasteiger partial charge >= 0.3 is 0 Å². The molecular weight excluding hydrogens is 356 g/mol. The molecule has 0 aromatic heterocycles. The zero-order chi connectivity index (χ0) is 20.4. The number of nitrogens with two attached hydrogens (primary N) is 1. The third-order valence-corrected chi connectivity index (χ3v) is 8.05. The number of Topliss-reactive ketones (excluding diaryl/α,β-unsaturated/α-hetero) is 2. The molecule has 28 heavy (non-hydrogen) atoms. The first-order valence-electron chi connectivity index (χ1n) is 9.53. The number of amides is 1. The summed E-state index contributed by atoms with van der Waals surface area (Å²) in [7, 11) is 5.72. The third-order valence-electron chi connectivity index (χ3n) is 8.05. The van der Waals surface area contributed by atoms with Crippen LogP contribution in [-0.4, -0.2) is 30.6 Å². The van der Waals surface area contributed by atoms with Crippen LogP contribution < -0.4 is 10.2 Å². The minimum atomic E-state index is -1.36. The molecule has 1 amide bonds. The quantitative estimate of drug-likeness (QED) is 0.608. The molecule has 6 heteroatoms. The molecule has 2 N–H and O–H groups in total. The number of hydrogen-bond acceptors (Lipinski definition) is 4. The molecule has 1 spiro atoms. The van der Waals surface area contributed by atoms with Gasteiger partial charge in [0.1, 0.15) is 11.5 Å². The Morgan fingerprint density at radius 2 is 1.89 bits per heavy atom. The predicted octanol–water partition coefficient (Wildman–Crippen LogP) is 0.807. The van der Waals surface area contributed by atoms with Crippen LogP contribution in [0.3, 0.4) is 0 Å². The number of fused-ring (bicyclic) bond motifs is 2. The van der Waals surface area contributed by atoms with E-state index in [1.807, 2.05) is 32.0 Å². The molecule has 4 aliphatic rings. The first-order chi connectivity index (χ1) is 13.1. The largest absolute Gasteiger partial charge is 0.463 e. The second-order valence-electron chi connectivity index (χ2n) is 9.13. The molecule has 3 bridgehead atoms. The molecule has 2 heterocycles. The van der Waals surface area contributed by atoms with Crippen LogP contribution in [0, 0.1) is 23.8 Å². The van der Waals surface area contributed by atoms with Crippen LogP contribution in [0.15, 0.2) is 30.9 Å². The second kappa shape index (κ2) is 4.63. The molecule has 5 unspecified atom stereocenters. The van der Waals surface area contributed by atoms with Gasteiger partial charge in [-0.25, -0.2) is 0 Å². The van der Waals surface area contributed by atoms with E-state index in [9.17, 15) is 14.4 Å². The van der Waals surface area contributed by atoms with Crippen LogP contribution in [0.2, 0.25) is 0 Å². The molecule has 1 saturated carbocycles. The second-order valence-corrected chi connectivity index (χ2v) is 9.13.